The van der Waals surface area contributed by atoms with Gasteiger partial charge in [-0.05, 0) is 51.1 Å². The van der Waals surface area contributed by atoms with Crippen molar-refractivity contribution in [3.63, 3.8) is 0 Å². The summed E-state index contributed by atoms with van der Waals surface area (Å²) in [6, 6.07) is 0. The van der Waals surface area contributed by atoms with Gasteiger partial charge in [-0.1, -0.05) is 19.3 Å². The molecular formula is C16H26N2O2. The van der Waals surface area contributed by atoms with Gasteiger partial charge < -0.3 is 5.32 Å². The van der Waals surface area contributed by atoms with E-state index in [0.717, 1.165) is 32.4 Å². The number of carbonyl (C=O) groups is 2. The number of nitrogens with one attached hydrogen (secondary N) is 1. The van der Waals surface area contributed by atoms with Crippen LogP contribution in [0.15, 0.2) is 0 Å². The number of nitrogens with zero attached hydrogens (tertiary/aromatic N) is 1. The molecule has 2 heterocycles. The van der Waals surface area contributed by atoms with E-state index < -0.39 is 0 Å². The van der Waals surface area contributed by atoms with Crippen LogP contribution in [-0.2, 0) is 9.59 Å². The Bertz CT molecular complexity index is 366. The molecule has 4 nitrogen and oxygen atoms in total. The van der Waals surface area contributed by atoms with E-state index in [4.69, 9.17) is 0 Å². The maximum Gasteiger partial charge on any atom is 0.229 e. The van der Waals surface area contributed by atoms with Crippen molar-refractivity contribution in [3.8, 4) is 0 Å². The van der Waals surface area contributed by atoms with E-state index in [1.807, 2.05) is 0 Å². The summed E-state index contributed by atoms with van der Waals surface area (Å²) in [5.41, 5.74) is -0.166. The van der Waals surface area contributed by atoms with Crippen molar-refractivity contribution < 1.29 is 9.59 Å². The molecule has 3 rings (SSSR count). The number of hydrogen-bond donors (Lipinski definition) is 1. The Hall–Kier alpha value is -0.900. The van der Waals surface area contributed by atoms with Gasteiger partial charge >= 0.3 is 0 Å². The maximum absolute atomic E-state index is 12.4. The van der Waals surface area contributed by atoms with E-state index in [0.29, 0.717) is 18.8 Å². The first-order chi connectivity index (χ1) is 9.74. The van der Waals surface area contributed by atoms with Gasteiger partial charge in [0.05, 0.1) is 5.54 Å². The summed E-state index contributed by atoms with van der Waals surface area (Å²) in [5.74, 6) is 0.715. The molecule has 0 aromatic carbocycles. The van der Waals surface area contributed by atoms with E-state index in [-0.39, 0.29) is 17.4 Å². The van der Waals surface area contributed by atoms with Crippen molar-refractivity contribution in [2.45, 2.75) is 69.7 Å². The lowest BCUT2D eigenvalue weighted by molar-refractivity contribution is -0.161. The van der Waals surface area contributed by atoms with Crippen LogP contribution >= 0.6 is 0 Å². The van der Waals surface area contributed by atoms with Gasteiger partial charge in [0.25, 0.3) is 0 Å². The Labute approximate surface area is 121 Å². The number of rotatable bonds is 2. The minimum absolute atomic E-state index is 0.0914. The van der Waals surface area contributed by atoms with Gasteiger partial charge in [0, 0.05) is 12.8 Å². The molecule has 1 aliphatic carbocycles. The Morgan fingerprint density at radius 3 is 2.10 bits per heavy atom. The quantitative estimate of drug-likeness (QED) is 0.788. The Morgan fingerprint density at radius 1 is 0.900 bits per heavy atom. The lowest BCUT2D eigenvalue weighted by atomic mass is 9.68. The number of amides is 2. The van der Waals surface area contributed by atoms with Crippen LogP contribution in [0.1, 0.15) is 64.2 Å². The number of likely N-dealkylation sites (tertiary alicyclic amines) is 1. The second-order valence-corrected chi connectivity index (χ2v) is 6.66. The molecule has 0 bridgehead atoms. The third-order valence-electron chi connectivity index (χ3n) is 5.56. The van der Waals surface area contributed by atoms with Gasteiger partial charge in [-0.25, -0.2) is 0 Å². The van der Waals surface area contributed by atoms with Crippen molar-refractivity contribution >= 4 is 11.8 Å². The van der Waals surface area contributed by atoms with E-state index in [1.54, 1.807) is 4.90 Å². The van der Waals surface area contributed by atoms with Crippen molar-refractivity contribution in [1.29, 1.82) is 0 Å². The molecule has 20 heavy (non-hydrogen) atoms. The number of carbonyl (C=O) groups excluding carboxylic acids is 2. The zero-order chi connectivity index (χ0) is 14.0. The molecule has 0 aromatic rings. The Kier molecular flexibility index (Phi) is 4.11. The molecule has 0 spiro atoms. The lowest BCUT2D eigenvalue weighted by Gasteiger charge is -2.52. The number of imide groups is 1. The van der Waals surface area contributed by atoms with E-state index in [1.165, 1.54) is 32.1 Å². The summed E-state index contributed by atoms with van der Waals surface area (Å²) in [6.07, 6.45) is 9.99. The SMILES string of the molecule is O=C1CCCC(=O)N1C1(C2CCCCC2)CCNCC1. The predicted molar refractivity (Wildman–Crippen MR) is 77.1 cm³/mol. The molecule has 1 saturated carbocycles. The molecule has 3 aliphatic rings. The summed E-state index contributed by atoms with van der Waals surface area (Å²) in [7, 11) is 0. The highest BCUT2D eigenvalue weighted by Gasteiger charge is 2.49. The molecule has 0 unspecified atom stereocenters. The molecule has 112 valence electrons. The molecular weight excluding hydrogens is 252 g/mol. The van der Waals surface area contributed by atoms with Crippen molar-refractivity contribution in [2.24, 2.45) is 5.92 Å². The third kappa shape index (κ3) is 2.39. The Morgan fingerprint density at radius 2 is 1.50 bits per heavy atom. The monoisotopic (exact) mass is 278 g/mol. The summed E-state index contributed by atoms with van der Waals surface area (Å²) >= 11 is 0. The van der Waals surface area contributed by atoms with Crippen LogP contribution in [0.4, 0.5) is 0 Å². The maximum atomic E-state index is 12.4. The van der Waals surface area contributed by atoms with Gasteiger partial charge in [-0.3, -0.25) is 14.5 Å². The van der Waals surface area contributed by atoms with Crippen molar-refractivity contribution in [1.82, 2.24) is 10.2 Å². The van der Waals surface area contributed by atoms with Gasteiger partial charge in [0.15, 0.2) is 0 Å². The minimum atomic E-state index is -0.166. The molecule has 0 atom stereocenters. The van der Waals surface area contributed by atoms with E-state index in [9.17, 15) is 9.59 Å². The summed E-state index contributed by atoms with van der Waals surface area (Å²) in [5, 5.41) is 3.40. The number of piperidine rings is 2. The fourth-order valence-corrected chi connectivity index (χ4v) is 4.56. The van der Waals surface area contributed by atoms with Crippen LogP contribution in [-0.4, -0.2) is 35.3 Å². The smallest absolute Gasteiger partial charge is 0.229 e. The molecule has 2 aliphatic heterocycles. The third-order valence-corrected chi connectivity index (χ3v) is 5.56. The first-order valence-electron chi connectivity index (χ1n) is 8.31. The zero-order valence-electron chi connectivity index (χ0n) is 12.3. The Balaban J connectivity index is 1.91. The molecule has 4 heteroatoms. The predicted octanol–water partition coefficient (Wildman–Crippen LogP) is 2.23. The van der Waals surface area contributed by atoms with Crippen LogP contribution < -0.4 is 5.32 Å². The van der Waals surface area contributed by atoms with Gasteiger partial charge in [0.2, 0.25) is 11.8 Å². The fraction of sp³-hybridized carbons (Fsp3) is 0.875. The minimum Gasteiger partial charge on any atom is -0.317 e. The molecule has 1 N–H and O–H groups in total. The lowest BCUT2D eigenvalue weighted by Crippen LogP contribution is -2.63. The van der Waals surface area contributed by atoms with Crippen LogP contribution in [0, 0.1) is 5.92 Å². The van der Waals surface area contributed by atoms with Crippen molar-refractivity contribution in [2.75, 3.05) is 13.1 Å². The van der Waals surface area contributed by atoms with Crippen LogP contribution in [0.25, 0.3) is 0 Å². The first-order valence-corrected chi connectivity index (χ1v) is 8.31. The molecule has 0 radical (unpaired) electrons. The highest BCUT2D eigenvalue weighted by Crippen LogP contribution is 2.43. The topological polar surface area (TPSA) is 49.4 Å². The summed E-state index contributed by atoms with van der Waals surface area (Å²) in [4.78, 5) is 26.6. The van der Waals surface area contributed by atoms with E-state index in [2.05, 4.69) is 5.32 Å². The van der Waals surface area contributed by atoms with E-state index >= 15 is 0 Å². The molecule has 2 saturated heterocycles. The normalized spacial score (nSPS) is 28.7. The second kappa shape index (κ2) is 5.84. The first kappa shape index (κ1) is 14.1. The summed E-state index contributed by atoms with van der Waals surface area (Å²) < 4.78 is 0. The molecule has 2 amide bonds. The zero-order valence-corrected chi connectivity index (χ0v) is 12.3. The van der Waals surface area contributed by atoms with Crippen LogP contribution in [0.5, 0.6) is 0 Å². The van der Waals surface area contributed by atoms with Gasteiger partial charge in [0.1, 0.15) is 0 Å². The molecule has 3 fully saturated rings. The van der Waals surface area contributed by atoms with Gasteiger partial charge in [-0.2, -0.15) is 0 Å². The number of hydrogen-bond acceptors (Lipinski definition) is 3. The van der Waals surface area contributed by atoms with Gasteiger partial charge in [-0.15, -0.1) is 0 Å². The highest BCUT2D eigenvalue weighted by atomic mass is 16.2. The fourth-order valence-electron chi connectivity index (χ4n) is 4.56. The second-order valence-electron chi connectivity index (χ2n) is 6.66. The van der Waals surface area contributed by atoms with Crippen LogP contribution in [0.2, 0.25) is 0 Å². The van der Waals surface area contributed by atoms with Crippen molar-refractivity contribution in [3.05, 3.63) is 0 Å². The average Bonchev–Trinajstić information content (AvgIpc) is 2.49. The highest BCUT2D eigenvalue weighted by molar-refractivity contribution is 5.98. The standard InChI is InChI=1S/C16H26N2O2/c19-14-7-4-8-15(20)18(14)16(9-11-17-12-10-16)13-5-2-1-3-6-13/h13,17H,1-12H2. The molecule has 0 aromatic heterocycles. The summed E-state index contributed by atoms with van der Waals surface area (Å²) in [6.45, 7) is 1.88. The largest absolute Gasteiger partial charge is 0.317 e. The van der Waals surface area contributed by atoms with Crippen LogP contribution in [0.3, 0.4) is 0 Å². The average molecular weight is 278 g/mol.